The van der Waals surface area contributed by atoms with Gasteiger partial charge in [0.05, 0.1) is 5.69 Å². The van der Waals surface area contributed by atoms with Crippen molar-refractivity contribution in [2.45, 2.75) is 46.0 Å². The summed E-state index contributed by atoms with van der Waals surface area (Å²) in [5, 5.41) is 10.7. The van der Waals surface area contributed by atoms with E-state index in [1.54, 1.807) is 23.5 Å². The van der Waals surface area contributed by atoms with E-state index >= 15 is 0 Å². The summed E-state index contributed by atoms with van der Waals surface area (Å²) < 4.78 is 0. The number of aromatic hydroxyl groups is 1. The van der Waals surface area contributed by atoms with Gasteiger partial charge in [0, 0.05) is 15.9 Å². The van der Waals surface area contributed by atoms with E-state index in [-0.39, 0.29) is 5.41 Å². The number of benzene rings is 1. The Hall–Kier alpha value is -1.35. The lowest BCUT2D eigenvalue weighted by molar-refractivity contribution is 0.232. The predicted molar refractivity (Wildman–Crippen MR) is 84.3 cm³/mol. The molecule has 20 heavy (non-hydrogen) atoms. The van der Waals surface area contributed by atoms with Crippen LogP contribution in [-0.4, -0.2) is 10.1 Å². The summed E-state index contributed by atoms with van der Waals surface area (Å²) in [6.07, 6.45) is 2.23. The van der Waals surface area contributed by atoms with Gasteiger partial charge >= 0.3 is 0 Å². The summed E-state index contributed by atoms with van der Waals surface area (Å²) >= 11 is 1.78. The number of nitrogens with zero attached hydrogens (tertiary/aromatic N) is 1. The zero-order valence-corrected chi connectivity index (χ0v) is 13.3. The second kappa shape index (κ2) is 4.32. The zero-order valence-electron chi connectivity index (χ0n) is 12.5. The molecule has 1 aromatic carbocycles. The molecule has 1 aromatic heterocycles. The van der Waals surface area contributed by atoms with Crippen molar-refractivity contribution in [1.29, 1.82) is 0 Å². The maximum Gasteiger partial charge on any atom is 0.124 e. The van der Waals surface area contributed by atoms with Crippen molar-refractivity contribution in [3.8, 4) is 16.3 Å². The standard InChI is InChI=1S/C17H21NOS/c1-16(2)9-13-14(17(3,4)10-16)20-15(18-13)11-6-5-7-12(19)8-11/h5-8,19H,9-10H2,1-4H3. The lowest BCUT2D eigenvalue weighted by Crippen LogP contribution is -2.33. The molecule has 0 bridgehead atoms. The van der Waals surface area contributed by atoms with Crippen molar-refractivity contribution in [3.63, 3.8) is 0 Å². The largest absolute Gasteiger partial charge is 0.508 e. The fourth-order valence-electron chi connectivity index (χ4n) is 3.56. The molecule has 1 aliphatic rings. The molecule has 3 rings (SSSR count). The van der Waals surface area contributed by atoms with E-state index in [2.05, 4.69) is 27.7 Å². The molecule has 0 atom stereocenters. The van der Waals surface area contributed by atoms with Gasteiger partial charge < -0.3 is 5.11 Å². The van der Waals surface area contributed by atoms with Crippen LogP contribution in [-0.2, 0) is 11.8 Å². The minimum atomic E-state index is 0.184. The number of aromatic nitrogens is 1. The van der Waals surface area contributed by atoms with E-state index in [1.807, 2.05) is 12.1 Å². The predicted octanol–water partition coefficient (Wildman–Crippen LogP) is 4.77. The Bertz CT molecular complexity index is 655. The third kappa shape index (κ3) is 2.35. The average molecular weight is 287 g/mol. The van der Waals surface area contributed by atoms with Crippen LogP contribution in [0, 0.1) is 5.41 Å². The number of rotatable bonds is 1. The van der Waals surface area contributed by atoms with Gasteiger partial charge in [-0.15, -0.1) is 11.3 Å². The number of fused-ring (bicyclic) bond motifs is 1. The van der Waals surface area contributed by atoms with Crippen molar-refractivity contribution in [3.05, 3.63) is 34.8 Å². The van der Waals surface area contributed by atoms with E-state index in [4.69, 9.17) is 4.98 Å². The molecule has 0 radical (unpaired) electrons. The molecule has 0 saturated heterocycles. The molecule has 2 aromatic rings. The van der Waals surface area contributed by atoms with Crippen LogP contribution in [0.1, 0.15) is 44.7 Å². The minimum absolute atomic E-state index is 0.184. The highest BCUT2D eigenvalue weighted by atomic mass is 32.1. The second-order valence-electron chi connectivity index (χ2n) is 7.25. The molecule has 0 aliphatic heterocycles. The van der Waals surface area contributed by atoms with Gasteiger partial charge in [-0.1, -0.05) is 39.8 Å². The SMILES string of the molecule is CC1(C)Cc2nc(-c3cccc(O)c3)sc2C(C)(C)C1. The topological polar surface area (TPSA) is 33.1 Å². The molecule has 0 amide bonds. The zero-order chi connectivity index (χ0) is 14.5. The minimum Gasteiger partial charge on any atom is -0.508 e. The van der Waals surface area contributed by atoms with E-state index in [1.165, 1.54) is 17.0 Å². The molecule has 106 valence electrons. The summed E-state index contributed by atoms with van der Waals surface area (Å²) in [5.74, 6) is 0.301. The van der Waals surface area contributed by atoms with Gasteiger partial charge in [0.25, 0.3) is 0 Å². The van der Waals surface area contributed by atoms with Gasteiger partial charge in [0.1, 0.15) is 10.8 Å². The van der Waals surface area contributed by atoms with Crippen LogP contribution in [0.4, 0.5) is 0 Å². The average Bonchev–Trinajstić information content (AvgIpc) is 2.70. The first-order chi connectivity index (χ1) is 9.27. The molecule has 0 saturated carbocycles. The number of phenolic OH excluding ortho intramolecular Hbond substituents is 1. The second-order valence-corrected chi connectivity index (χ2v) is 8.25. The Morgan fingerprint density at radius 2 is 1.95 bits per heavy atom. The molecule has 3 heteroatoms. The fraction of sp³-hybridized carbons (Fsp3) is 0.471. The van der Waals surface area contributed by atoms with E-state index in [0.29, 0.717) is 11.2 Å². The van der Waals surface area contributed by atoms with Gasteiger partial charge in [-0.3, -0.25) is 0 Å². The summed E-state index contributed by atoms with van der Waals surface area (Å²) in [6.45, 7) is 9.28. The van der Waals surface area contributed by atoms with E-state index in [0.717, 1.165) is 17.0 Å². The first kappa shape index (κ1) is 13.6. The van der Waals surface area contributed by atoms with Gasteiger partial charge in [0.15, 0.2) is 0 Å². The quantitative estimate of drug-likeness (QED) is 0.820. The maximum atomic E-state index is 9.64. The highest BCUT2D eigenvalue weighted by molar-refractivity contribution is 7.15. The van der Waals surface area contributed by atoms with Crippen LogP contribution in [0.2, 0.25) is 0 Å². The Balaban J connectivity index is 2.09. The molecular weight excluding hydrogens is 266 g/mol. The summed E-state index contributed by atoms with van der Waals surface area (Å²) in [5.41, 5.74) is 2.75. The van der Waals surface area contributed by atoms with Crippen molar-refractivity contribution in [1.82, 2.24) is 4.98 Å². The van der Waals surface area contributed by atoms with Crippen molar-refractivity contribution < 1.29 is 5.11 Å². The third-order valence-electron chi connectivity index (χ3n) is 3.97. The Kier molecular flexibility index (Phi) is 2.94. The Labute approximate surface area is 124 Å². The van der Waals surface area contributed by atoms with Gasteiger partial charge in [-0.2, -0.15) is 0 Å². The molecule has 0 unspecified atom stereocenters. The lowest BCUT2D eigenvalue weighted by atomic mass is 9.67. The third-order valence-corrected chi connectivity index (χ3v) is 5.48. The van der Waals surface area contributed by atoms with Crippen LogP contribution < -0.4 is 0 Å². The Morgan fingerprint density at radius 1 is 1.20 bits per heavy atom. The smallest absolute Gasteiger partial charge is 0.124 e. The number of phenols is 1. The van der Waals surface area contributed by atoms with Gasteiger partial charge in [-0.05, 0) is 30.4 Å². The highest BCUT2D eigenvalue weighted by Gasteiger charge is 2.39. The van der Waals surface area contributed by atoms with E-state index < -0.39 is 0 Å². The van der Waals surface area contributed by atoms with Crippen LogP contribution in [0.15, 0.2) is 24.3 Å². The first-order valence-corrected chi connectivity index (χ1v) is 7.88. The van der Waals surface area contributed by atoms with E-state index in [9.17, 15) is 5.11 Å². The van der Waals surface area contributed by atoms with Crippen LogP contribution in [0.25, 0.3) is 10.6 Å². The van der Waals surface area contributed by atoms with Gasteiger partial charge in [0.2, 0.25) is 0 Å². The van der Waals surface area contributed by atoms with Crippen molar-refractivity contribution in [2.24, 2.45) is 5.41 Å². The molecule has 1 N–H and O–H groups in total. The summed E-state index contributed by atoms with van der Waals surface area (Å²) in [7, 11) is 0. The molecule has 1 aliphatic carbocycles. The lowest BCUT2D eigenvalue weighted by Gasteiger charge is -2.39. The molecular formula is C17H21NOS. The normalized spacial score (nSPS) is 19.6. The van der Waals surface area contributed by atoms with Crippen LogP contribution in [0.5, 0.6) is 5.75 Å². The number of thiazole rings is 1. The molecule has 0 fully saturated rings. The number of hydrogen-bond acceptors (Lipinski definition) is 3. The first-order valence-electron chi connectivity index (χ1n) is 7.06. The molecule has 1 heterocycles. The highest BCUT2D eigenvalue weighted by Crippen LogP contribution is 2.49. The fourth-order valence-corrected chi connectivity index (χ4v) is 4.73. The molecule has 0 spiro atoms. The summed E-state index contributed by atoms with van der Waals surface area (Å²) in [6, 6.07) is 7.38. The number of hydrogen-bond donors (Lipinski definition) is 1. The Morgan fingerprint density at radius 3 is 2.65 bits per heavy atom. The maximum absolute atomic E-state index is 9.64. The monoisotopic (exact) mass is 287 g/mol. The van der Waals surface area contributed by atoms with Crippen LogP contribution >= 0.6 is 11.3 Å². The van der Waals surface area contributed by atoms with Crippen molar-refractivity contribution in [2.75, 3.05) is 0 Å². The molecule has 2 nitrogen and oxygen atoms in total. The van der Waals surface area contributed by atoms with Crippen LogP contribution in [0.3, 0.4) is 0 Å². The van der Waals surface area contributed by atoms with Crippen molar-refractivity contribution >= 4 is 11.3 Å². The van der Waals surface area contributed by atoms with Gasteiger partial charge in [-0.25, -0.2) is 4.98 Å². The summed E-state index contributed by atoms with van der Waals surface area (Å²) in [4.78, 5) is 6.27.